The first-order valence-corrected chi connectivity index (χ1v) is 6.43. The maximum atomic E-state index is 13.7. The van der Waals surface area contributed by atoms with Crippen LogP contribution >= 0.6 is 0 Å². The highest BCUT2D eigenvalue weighted by Gasteiger charge is 2.31. The van der Waals surface area contributed by atoms with Crippen LogP contribution in [0.1, 0.15) is 33.3 Å². The number of aldehydes is 1. The Kier molecular flexibility index (Phi) is 4.93. The predicted molar refractivity (Wildman–Crippen MR) is 75.7 cm³/mol. The van der Waals surface area contributed by atoms with Crippen LogP contribution in [0.25, 0.3) is 0 Å². The molecule has 116 valence electrons. The summed E-state index contributed by atoms with van der Waals surface area (Å²) in [7, 11) is 1.34. The van der Waals surface area contributed by atoms with Gasteiger partial charge in [-0.25, -0.2) is 9.18 Å². The van der Waals surface area contributed by atoms with Crippen LogP contribution in [0.5, 0.6) is 5.75 Å². The third-order valence-corrected chi connectivity index (χ3v) is 2.75. The maximum Gasteiger partial charge on any atom is 0.408 e. The SMILES string of the molecule is COc1ccc(C(C)(C=O)NC(=O)OC(C)(C)C)cc1F. The molecule has 1 atom stereocenters. The third kappa shape index (κ3) is 4.44. The number of ether oxygens (including phenoxy) is 2. The molecule has 0 fully saturated rings. The van der Waals surface area contributed by atoms with Crippen LogP contribution < -0.4 is 10.1 Å². The van der Waals surface area contributed by atoms with Gasteiger partial charge in [0.05, 0.1) is 7.11 Å². The van der Waals surface area contributed by atoms with Crippen molar-refractivity contribution < 1.29 is 23.5 Å². The van der Waals surface area contributed by atoms with Crippen molar-refractivity contribution in [2.45, 2.75) is 38.8 Å². The van der Waals surface area contributed by atoms with Crippen LogP contribution in [0.4, 0.5) is 9.18 Å². The minimum Gasteiger partial charge on any atom is -0.494 e. The van der Waals surface area contributed by atoms with E-state index in [1.165, 1.54) is 26.2 Å². The van der Waals surface area contributed by atoms with Gasteiger partial charge < -0.3 is 19.6 Å². The van der Waals surface area contributed by atoms with Crippen LogP contribution in [0.3, 0.4) is 0 Å². The average Bonchev–Trinajstić information content (AvgIpc) is 2.36. The third-order valence-electron chi connectivity index (χ3n) is 2.75. The number of rotatable bonds is 4. The van der Waals surface area contributed by atoms with Gasteiger partial charge in [-0.2, -0.15) is 0 Å². The molecule has 6 heteroatoms. The van der Waals surface area contributed by atoms with Crippen LogP contribution in [-0.2, 0) is 15.1 Å². The molecule has 1 N–H and O–H groups in total. The molecule has 0 heterocycles. The van der Waals surface area contributed by atoms with Gasteiger partial charge in [0.2, 0.25) is 0 Å². The summed E-state index contributed by atoms with van der Waals surface area (Å²) in [4.78, 5) is 23.2. The molecule has 0 aliphatic rings. The zero-order chi connectivity index (χ0) is 16.3. The Hall–Kier alpha value is -2.11. The quantitative estimate of drug-likeness (QED) is 0.868. The summed E-state index contributed by atoms with van der Waals surface area (Å²) in [6, 6.07) is 4.04. The lowest BCUT2D eigenvalue weighted by atomic mass is 9.93. The van der Waals surface area contributed by atoms with Gasteiger partial charge in [0, 0.05) is 0 Å². The van der Waals surface area contributed by atoms with E-state index < -0.39 is 23.1 Å². The van der Waals surface area contributed by atoms with E-state index in [1.807, 2.05) is 0 Å². The second kappa shape index (κ2) is 6.11. The lowest BCUT2D eigenvalue weighted by Crippen LogP contribution is -2.47. The summed E-state index contributed by atoms with van der Waals surface area (Å²) < 4.78 is 23.7. The fourth-order valence-corrected chi connectivity index (χ4v) is 1.67. The molecule has 0 aromatic heterocycles. The molecule has 1 amide bonds. The maximum absolute atomic E-state index is 13.7. The second-order valence-corrected chi connectivity index (χ2v) is 5.80. The summed E-state index contributed by atoms with van der Waals surface area (Å²) >= 11 is 0. The number of halogens is 1. The van der Waals surface area contributed by atoms with Gasteiger partial charge in [-0.15, -0.1) is 0 Å². The van der Waals surface area contributed by atoms with Crippen LogP contribution in [0.15, 0.2) is 18.2 Å². The first kappa shape index (κ1) is 16.9. The van der Waals surface area contributed by atoms with Gasteiger partial charge in [0.25, 0.3) is 0 Å². The van der Waals surface area contributed by atoms with Crippen molar-refractivity contribution in [3.05, 3.63) is 29.6 Å². The predicted octanol–water partition coefficient (Wildman–Crippen LogP) is 2.77. The van der Waals surface area contributed by atoms with Gasteiger partial charge >= 0.3 is 6.09 Å². The molecule has 0 bridgehead atoms. The molecule has 1 aromatic rings. The second-order valence-electron chi connectivity index (χ2n) is 5.80. The number of hydrogen-bond donors (Lipinski definition) is 1. The topological polar surface area (TPSA) is 64.6 Å². The van der Waals surface area contributed by atoms with Gasteiger partial charge in [-0.3, -0.25) is 0 Å². The first-order chi connectivity index (χ1) is 9.61. The highest BCUT2D eigenvalue weighted by atomic mass is 19.1. The Labute approximate surface area is 123 Å². The van der Waals surface area contributed by atoms with Crippen molar-refractivity contribution in [2.24, 2.45) is 0 Å². The molecule has 0 aliphatic heterocycles. The van der Waals surface area contributed by atoms with Crippen molar-refractivity contribution in [2.75, 3.05) is 7.11 Å². The molecule has 0 spiro atoms. The van der Waals surface area contributed by atoms with E-state index in [-0.39, 0.29) is 5.75 Å². The van der Waals surface area contributed by atoms with Crippen molar-refractivity contribution >= 4 is 12.4 Å². The Bertz CT molecular complexity index is 539. The minimum absolute atomic E-state index is 0.0595. The highest BCUT2D eigenvalue weighted by Crippen LogP contribution is 2.25. The summed E-state index contributed by atoms with van der Waals surface area (Å²) in [6.45, 7) is 6.58. The smallest absolute Gasteiger partial charge is 0.408 e. The molecule has 1 rings (SSSR count). The minimum atomic E-state index is -1.39. The summed E-state index contributed by atoms with van der Waals surface area (Å²) in [6.07, 6.45) is -0.230. The highest BCUT2D eigenvalue weighted by molar-refractivity contribution is 5.78. The van der Waals surface area contributed by atoms with E-state index >= 15 is 0 Å². The normalized spacial score (nSPS) is 14.0. The molecule has 0 saturated heterocycles. The summed E-state index contributed by atoms with van der Waals surface area (Å²) in [5, 5.41) is 2.44. The molecular weight excluding hydrogens is 277 g/mol. The largest absolute Gasteiger partial charge is 0.494 e. The first-order valence-electron chi connectivity index (χ1n) is 6.43. The number of carbonyl (C=O) groups is 2. The standard InChI is InChI=1S/C15H20FNO4/c1-14(2,3)21-13(19)17-15(4,9-18)10-6-7-12(20-5)11(16)8-10/h6-9H,1-5H3,(H,17,19). The zero-order valence-corrected chi connectivity index (χ0v) is 12.8. The Morgan fingerprint density at radius 1 is 1.29 bits per heavy atom. The molecule has 1 unspecified atom stereocenters. The van der Waals surface area contributed by atoms with E-state index in [4.69, 9.17) is 9.47 Å². The van der Waals surface area contributed by atoms with Crippen molar-refractivity contribution in [1.29, 1.82) is 0 Å². The van der Waals surface area contributed by atoms with E-state index in [2.05, 4.69) is 5.32 Å². The number of amides is 1. The molecular formula is C15H20FNO4. The van der Waals surface area contributed by atoms with Crippen molar-refractivity contribution in [3.63, 3.8) is 0 Å². The van der Waals surface area contributed by atoms with Gasteiger partial charge in [0.15, 0.2) is 11.6 Å². The van der Waals surface area contributed by atoms with Crippen LogP contribution in [0.2, 0.25) is 0 Å². The number of methoxy groups -OCH3 is 1. The van der Waals surface area contributed by atoms with Crippen molar-refractivity contribution in [1.82, 2.24) is 5.32 Å². The molecule has 5 nitrogen and oxygen atoms in total. The van der Waals surface area contributed by atoms with Gasteiger partial charge in [-0.05, 0) is 45.4 Å². The lowest BCUT2D eigenvalue weighted by Gasteiger charge is -2.28. The molecule has 0 aliphatic carbocycles. The number of hydrogen-bond acceptors (Lipinski definition) is 4. The van der Waals surface area contributed by atoms with Gasteiger partial charge in [0.1, 0.15) is 17.4 Å². The Balaban J connectivity index is 3.02. The Morgan fingerprint density at radius 3 is 2.33 bits per heavy atom. The average molecular weight is 297 g/mol. The number of alkyl carbamates (subject to hydrolysis) is 1. The van der Waals surface area contributed by atoms with E-state index in [0.717, 1.165) is 6.07 Å². The Morgan fingerprint density at radius 2 is 1.90 bits per heavy atom. The van der Waals surface area contributed by atoms with E-state index in [9.17, 15) is 14.0 Å². The van der Waals surface area contributed by atoms with Crippen LogP contribution in [0, 0.1) is 5.82 Å². The lowest BCUT2D eigenvalue weighted by molar-refractivity contribution is -0.113. The van der Waals surface area contributed by atoms with E-state index in [0.29, 0.717) is 11.8 Å². The fourth-order valence-electron chi connectivity index (χ4n) is 1.67. The van der Waals surface area contributed by atoms with Gasteiger partial charge in [-0.1, -0.05) is 6.07 Å². The number of carbonyl (C=O) groups excluding carboxylic acids is 2. The molecule has 0 saturated carbocycles. The number of nitrogens with one attached hydrogen (secondary N) is 1. The summed E-state index contributed by atoms with van der Waals surface area (Å²) in [5.41, 5.74) is -1.80. The fraction of sp³-hybridized carbons (Fsp3) is 0.467. The van der Waals surface area contributed by atoms with Crippen molar-refractivity contribution in [3.8, 4) is 5.75 Å². The molecule has 1 aromatic carbocycles. The zero-order valence-electron chi connectivity index (χ0n) is 12.8. The summed E-state index contributed by atoms with van der Waals surface area (Å²) in [5.74, 6) is -0.557. The molecule has 0 radical (unpaired) electrons. The van der Waals surface area contributed by atoms with E-state index in [1.54, 1.807) is 20.8 Å². The number of benzene rings is 1. The monoisotopic (exact) mass is 297 g/mol. The molecule has 21 heavy (non-hydrogen) atoms. The van der Waals surface area contributed by atoms with Crippen LogP contribution in [-0.4, -0.2) is 25.1 Å².